The molecule has 12 heavy (non-hydrogen) atoms. The normalized spacial score (nSPS) is 24.0. The van der Waals surface area contributed by atoms with E-state index in [1.54, 1.807) is 0 Å². The number of aliphatic hydroxyl groups excluding tert-OH is 1. The number of hydrogen-bond acceptors (Lipinski definition) is 2. The van der Waals surface area contributed by atoms with Gasteiger partial charge in [-0.2, -0.15) is 0 Å². The molecule has 0 amide bonds. The van der Waals surface area contributed by atoms with Crippen molar-refractivity contribution in [1.82, 2.24) is 4.90 Å². The van der Waals surface area contributed by atoms with Crippen molar-refractivity contribution in [3.8, 4) is 0 Å². The maximum atomic E-state index is 9.26. The Labute approximate surface area is 87.1 Å². The molecule has 0 aromatic heterocycles. The smallest absolute Gasteiger partial charge is 0.0667 e. The van der Waals surface area contributed by atoms with Crippen molar-refractivity contribution in [2.75, 3.05) is 19.6 Å². The zero-order valence-corrected chi connectivity index (χ0v) is 9.16. The summed E-state index contributed by atoms with van der Waals surface area (Å²) in [6.45, 7) is 5.41. The molecule has 76 valence electrons. The van der Waals surface area contributed by atoms with E-state index in [-0.39, 0.29) is 30.9 Å². The molecule has 1 aliphatic heterocycles. The van der Waals surface area contributed by atoms with Gasteiger partial charge in [-0.15, -0.1) is 24.8 Å². The van der Waals surface area contributed by atoms with Gasteiger partial charge in [-0.1, -0.05) is 6.92 Å². The Balaban J connectivity index is 0. The molecule has 1 aliphatic rings. The highest BCUT2D eigenvalue weighted by atomic mass is 35.5. The van der Waals surface area contributed by atoms with Crippen LogP contribution in [0.15, 0.2) is 0 Å². The molecule has 1 N–H and O–H groups in total. The summed E-state index contributed by atoms with van der Waals surface area (Å²) >= 11 is 0. The number of aliphatic hydroxyl groups is 1. The van der Waals surface area contributed by atoms with E-state index in [0.717, 1.165) is 19.5 Å². The van der Waals surface area contributed by atoms with Crippen LogP contribution in [0, 0.1) is 0 Å². The zero-order chi connectivity index (χ0) is 7.40. The minimum Gasteiger partial charge on any atom is -0.392 e. The van der Waals surface area contributed by atoms with Crippen molar-refractivity contribution in [3.63, 3.8) is 0 Å². The number of likely N-dealkylation sites (tertiary alicyclic amines) is 1. The molecule has 1 saturated heterocycles. The zero-order valence-electron chi connectivity index (χ0n) is 7.53. The quantitative estimate of drug-likeness (QED) is 0.759. The van der Waals surface area contributed by atoms with E-state index >= 15 is 0 Å². The van der Waals surface area contributed by atoms with Gasteiger partial charge in [0.05, 0.1) is 6.10 Å². The topological polar surface area (TPSA) is 23.5 Å². The first-order chi connectivity index (χ1) is 4.83. The molecule has 0 radical (unpaired) electrons. The average Bonchev–Trinajstić information content (AvgIpc) is 1.88. The molecule has 4 heteroatoms. The summed E-state index contributed by atoms with van der Waals surface area (Å²) in [4.78, 5) is 2.34. The Bertz CT molecular complexity index is 101. The Morgan fingerprint density at radius 1 is 1.42 bits per heavy atom. The second-order valence-corrected chi connectivity index (χ2v) is 3.10. The fraction of sp³-hybridized carbons (Fsp3) is 1.00. The van der Waals surface area contributed by atoms with Crippen molar-refractivity contribution in [3.05, 3.63) is 0 Å². The van der Waals surface area contributed by atoms with Crippen molar-refractivity contribution < 1.29 is 5.11 Å². The lowest BCUT2D eigenvalue weighted by Crippen LogP contribution is -2.38. The van der Waals surface area contributed by atoms with Gasteiger partial charge in [-0.05, 0) is 32.4 Å². The molecule has 1 heterocycles. The highest BCUT2D eigenvalue weighted by molar-refractivity contribution is 5.85. The standard InChI is InChI=1S/C8H17NO.2ClH/c1-2-5-9-6-3-4-8(10)7-9;;/h8,10H,2-7H2,1H3;2*1H. The first-order valence-electron chi connectivity index (χ1n) is 4.23. The number of β-amino-alcohol motifs (C(OH)–C–C–N with tert-alkyl or cyclic N) is 1. The molecule has 1 unspecified atom stereocenters. The first-order valence-corrected chi connectivity index (χ1v) is 4.23. The minimum atomic E-state index is -0.0553. The minimum absolute atomic E-state index is 0. The number of piperidine rings is 1. The third kappa shape index (κ3) is 5.20. The van der Waals surface area contributed by atoms with Gasteiger partial charge in [0.2, 0.25) is 0 Å². The second kappa shape index (κ2) is 8.11. The summed E-state index contributed by atoms with van der Waals surface area (Å²) in [6, 6.07) is 0. The average molecular weight is 216 g/mol. The van der Waals surface area contributed by atoms with Crippen LogP contribution in [0.25, 0.3) is 0 Å². The fourth-order valence-electron chi connectivity index (χ4n) is 1.55. The molecule has 0 aromatic carbocycles. The maximum absolute atomic E-state index is 9.26. The molecule has 0 saturated carbocycles. The third-order valence-corrected chi connectivity index (χ3v) is 2.02. The van der Waals surface area contributed by atoms with E-state index in [1.807, 2.05) is 0 Å². The van der Waals surface area contributed by atoms with Gasteiger partial charge < -0.3 is 10.0 Å². The van der Waals surface area contributed by atoms with Gasteiger partial charge in [0, 0.05) is 6.54 Å². The lowest BCUT2D eigenvalue weighted by molar-refractivity contribution is 0.0709. The van der Waals surface area contributed by atoms with E-state index in [9.17, 15) is 5.11 Å². The van der Waals surface area contributed by atoms with Crippen LogP contribution in [0.1, 0.15) is 26.2 Å². The summed E-state index contributed by atoms with van der Waals surface area (Å²) in [5.74, 6) is 0. The molecule has 0 aromatic rings. The van der Waals surface area contributed by atoms with E-state index in [4.69, 9.17) is 0 Å². The van der Waals surface area contributed by atoms with Crippen molar-refractivity contribution in [2.45, 2.75) is 32.3 Å². The number of halogens is 2. The maximum Gasteiger partial charge on any atom is 0.0667 e. The summed E-state index contributed by atoms with van der Waals surface area (Å²) in [5.41, 5.74) is 0. The molecular weight excluding hydrogens is 197 g/mol. The van der Waals surface area contributed by atoms with Crippen LogP contribution in [-0.2, 0) is 0 Å². The van der Waals surface area contributed by atoms with Crippen LogP contribution in [0.4, 0.5) is 0 Å². The van der Waals surface area contributed by atoms with Crippen LogP contribution in [0.5, 0.6) is 0 Å². The molecule has 2 nitrogen and oxygen atoms in total. The summed E-state index contributed by atoms with van der Waals surface area (Å²) in [7, 11) is 0. The highest BCUT2D eigenvalue weighted by Crippen LogP contribution is 2.09. The first kappa shape index (κ1) is 15.0. The van der Waals surface area contributed by atoms with Gasteiger partial charge in [0.15, 0.2) is 0 Å². The van der Waals surface area contributed by atoms with Crippen LogP contribution >= 0.6 is 24.8 Å². The number of nitrogens with zero attached hydrogens (tertiary/aromatic N) is 1. The molecule has 0 spiro atoms. The molecular formula is C8H19Cl2NO. The van der Waals surface area contributed by atoms with E-state index in [1.165, 1.54) is 19.4 Å². The van der Waals surface area contributed by atoms with E-state index < -0.39 is 0 Å². The van der Waals surface area contributed by atoms with Crippen LogP contribution < -0.4 is 0 Å². The molecule has 1 atom stereocenters. The van der Waals surface area contributed by atoms with Gasteiger partial charge in [-0.25, -0.2) is 0 Å². The SMILES string of the molecule is CCCN1CCCC(O)C1.Cl.Cl. The second-order valence-electron chi connectivity index (χ2n) is 3.10. The van der Waals surface area contributed by atoms with Crippen LogP contribution in [0.2, 0.25) is 0 Å². The highest BCUT2D eigenvalue weighted by Gasteiger charge is 2.15. The largest absolute Gasteiger partial charge is 0.392 e. The van der Waals surface area contributed by atoms with Crippen molar-refractivity contribution in [1.29, 1.82) is 0 Å². The monoisotopic (exact) mass is 215 g/mol. The fourth-order valence-corrected chi connectivity index (χ4v) is 1.55. The Hall–Kier alpha value is 0.500. The lowest BCUT2D eigenvalue weighted by Gasteiger charge is -2.29. The molecule has 1 rings (SSSR count). The van der Waals surface area contributed by atoms with Crippen molar-refractivity contribution in [2.24, 2.45) is 0 Å². The van der Waals surface area contributed by atoms with Gasteiger partial charge >= 0.3 is 0 Å². The van der Waals surface area contributed by atoms with Gasteiger partial charge in [0.1, 0.15) is 0 Å². The molecule has 0 bridgehead atoms. The summed E-state index contributed by atoms with van der Waals surface area (Å²) in [6.07, 6.45) is 3.31. The lowest BCUT2D eigenvalue weighted by atomic mass is 10.1. The van der Waals surface area contributed by atoms with Crippen LogP contribution in [0.3, 0.4) is 0 Å². The van der Waals surface area contributed by atoms with Crippen molar-refractivity contribution >= 4 is 24.8 Å². The number of hydrogen-bond donors (Lipinski definition) is 1. The van der Waals surface area contributed by atoms with E-state index in [2.05, 4.69) is 11.8 Å². The number of rotatable bonds is 2. The van der Waals surface area contributed by atoms with Crippen LogP contribution in [-0.4, -0.2) is 35.7 Å². The van der Waals surface area contributed by atoms with E-state index in [0.29, 0.717) is 0 Å². The third-order valence-electron chi connectivity index (χ3n) is 2.02. The predicted octanol–water partition coefficient (Wildman–Crippen LogP) is 1.70. The summed E-state index contributed by atoms with van der Waals surface area (Å²) < 4.78 is 0. The Kier molecular flexibility index (Phi) is 10.1. The Morgan fingerprint density at radius 2 is 2.08 bits per heavy atom. The van der Waals surface area contributed by atoms with Gasteiger partial charge in [-0.3, -0.25) is 0 Å². The summed E-state index contributed by atoms with van der Waals surface area (Å²) in [5, 5.41) is 9.26. The van der Waals surface area contributed by atoms with Gasteiger partial charge in [0.25, 0.3) is 0 Å². The molecule has 0 aliphatic carbocycles. The Morgan fingerprint density at radius 3 is 2.58 bits per heavy atom. The predicted molar refractivity (Wildman–Crippen MR) is 56.5 cm³/mol. The molecule has 1 fully saturated rings.